The van der Waals surface area contributed by atoms with Crippen LogP contribution in [-0.4, -0.2) is 32.9 Å². The van der Waals surface area contributed by atoms with Gasteiger partial charge in [0.25, 0.3) is 0 Å². The predicted octanol–water partition coefficient (Wildman–Crippen LogP) is 2.01. The molecule has 1 amide bonds. The number of carboxylic acids is 1. The number of carbonyl (C=O) groups is 2. The Hall–Kier alpha value is -2.83. The highest BCUT2D eigenvalue weighted by molar-refractivity contribution is 5.95. The molecule has 22 heavy (non-hydrogen) atoms. The summed E-state index contributed by atoms with van der Waals surface area (Å²) < 4.78 is 7.06. The summed E-state index contributed by atoms with van der Waals surface area (Å²) in [6.45, 7) is 3.73. The molecule has 0 fully saturated rings. The Bertz CT molecular complexity index is 665. The van der Waals surface area contributed by atoms with Crippen molar-refractivity contribution in [2.75, 3.05) is 5.32 Å². The van der Waals surface area contributed by atoms with Gasteiger partial charge in [0.15, 0.2) is 0 Å². The first-order valence-corrected chi connectivity index (χ1v) is 6.77. The van der Waals surface area contributed by atoms with Crippen LogP contribution in [0.4, 0.5) is 5.69 Å². The molecule has 0 saturated carbocycles. The summed E-state index contributed by atoms with van der Waals surface area (Å²) in [5.41, 5.74) is 0.399. The van der Waals surface area contributed by atoms with Crippen molar-refractivity contribution in [2.45, 2.75) is 26.5 Å². The number of hydrogen-bond donors (Lipinski definition) is 2. The molecular weight excluding hydrogens is 286 g/mol. The Morgan fingerprint density at radius 3 is 2.77 bits per heavy atom. The van der Waals surface area contributed by atoms with E-state index in [1.807, 2.05) is 13.8 Å². The van der Waals surface area contributed by atoms with Crippen molar-refractivity contribution in [2.24, 2.45) is 0 Å². The molecule has 0 saturated heterocycles. The van der Waals surface area contributed by atoms with Crippen LogP contribution >= 0.6 is 0 Å². The fourth-order valence-corrected chi connectivity index (χ4v) is 1.85. The van der Waals surface area contributed by atoms with E-state index < -0.39 is 5.97 Å². The molecule has 0 bridgehead atoms. The van der Waals surface area contributed by atoms with Crippen molar-refractivity contribution in [3.05, 3.63) is 42.2 Å². The average molecular weight is 303 g/mol. The van der Waals surface area contributed by atoms with E-state index in [-0.39, 0.29) is 24.1 Å². The van der Waals surface area contributed by atoms with E-state index in [1.165, 1.54) is 22.9 Å². The summed E-state index contributed by atoms with van der Waals surface area (Å²) in [6, 6.07) is 6.06. The van der Waals surface area contributed by atoms with Crippen LogP contribution in [0.15, 0.2) is 36.7 Å². The molecule has 7 nitrogen and oxygen atoms in total. The zero-order chi connectivity index (χ0) is 16.1. The van der Waals surface area contributed by atoms with Gasteiger partial charge in [-0.2, -0.15) is 5.10 Å². The van der Waals surface area contributed by atoms with Crippen LogP contribution in [0.2, 0.25) is 0 Å². The van der Waals surface area contributed by atoms with E-state index in [2.05, 4.69) is 10.4 Å². The lowest BCUT2D eigenvalue weighted by molar-refractivity contribution is -0.116. The van der Waals surface area contributed by atoms with Crippen LogP contribution in [-0.2, 0) is 11.3 Å². The van der Waals surface area contributed by atoms with Gasteiger partial charge in [0.1, 0.15) is 12.3 Å². The molecule has 0 aliphatic rings. The highest BCUT2D eigenvalue weighted by atomic mass is 16.5. The lowest BCUT2D eigenvalue weighted by Crippen LogP contribution is -2.20. The van der Waals surface area contributed by atoms with Gasteiger partial charge in [0.05, 0.1) is 17.4 Å². The fourth-order valence-electron chi connectivity index (χ4n) is 1.85. The highest BCUT2D eigenvalue weighted by Crippen LogP contribution is 2.27. The molecule has 0 aliphatic heterocycles. The lowest BCUT2D eigenvalue weighted by atomic mass is 10.2. The van der Waals surface area contributed by atoms with Gasteiger partial charge in [-0.05, 0) is 38.1 Å². The van der Waals surface area contributed by atoms with E-state index >= 15 is 0 Å². The van der Waals surface area contributed by atoms with Crippen LogP contribution in [0.1, 0.15) is 24.2 Å². The maximum Gasteiger partial charge on any atom is 0.335 e. The number of amides is 1. The zero-order valence-electron chi connectivity index (χ0n) is 12.3. The van der Waals surface area contributed by atoms with Gasteiger partial charge >= 0.3 is 5.97 Å². The van der Waals surface area contributed by atoms with Crippen LogP contribution in [0.25, 0.3) is 0 Å². The van der Waals surface area contributed by atoms with Crippen molar-refractivity contribution in [3.8, 4) is 5.75 Å². The number of aromatic nitrogens is 2. The van der Waals surface area contributed by atoms with Gasteiger partial charge < -0.3 is 15.2 Å². The molecule has 1 aromatic heterocycles. The number of nitrogens with zero attached hydrogens (tertiary/aromatic N) is 2. The van der Waals surface area contributed by atoms with Crippen molar-refractivity contribution >= 4 is 17.6 Å². The lowest BCUT2D eigenvalue weighted by Gasteiger charge is -2.15. The Labute approximate surface area is 127 Å². The van der Waals surface area contributed by atoms with Gasteiger partial charge in [0, 0.05) is 12.4 Å². The smallest absolute Gasteiger partial charge is 0.335 e. The van der Waals surface area contributed by atoms with E-state index in [0.29, 0.717) is 11.4 Å². The standard InChI is InChI=1S/C15H17N3O4/c1-10(2)22-13-5-4-11(15(20)21)8-12(13)17-14(19)9-18-7-3-6-16-18/h3-8,10H,9H2,1-2H3,(H,17,19)(H,20,21). The summed E-state index contributed by atoms with van der Waals surface area (Å²) >= 11 is 0. The first kappa shape index (κ1) is 15.6. The second kappa shape index (κ2) is 6.75. The molecule has 2 N–H and O–H groups in total. The number of carbonyl (C=O) groups excluding carboxylic acids is 1. The fraction of sp³-hybridized carbons (Fsp3) is 0.267. The Kier molecular flexibility index (Phi) is 4.77. The number of carboxylic acid groups (broad SMARTS) is 1. The third-order valence-corrected chi connectivity index (χ3v) is 2.73. The molecule has 7 heteroatoms. The number of nitrogens with one attached hydrogen (secondary N) is 1. The SMILES string of the molecule is CC(C)Oc1ccc(C(=O)O)cc1NC(=O)Cn1cccn1. The summed E-state index contributed by atoms with van der Waals surface area (Å²) in [6.07, 6.45) is 3.14. The van der Waals surface area contributed by atoms with Crippen molar-refractivity contribution in [1.29, 1.82) is 0 Å². The summed E-state index contributed by atoms with van der Waals surface area (Å²) in [4.78, 5) is 23.1. The minimum Gasteiger partial charge on any atom is -0.489 e. The number of rotatable bonds is 6. The molecule has 1 aromatic carbocycles. The monoisotopic (exact) mass is 303 g/mol. The Morgan fingerprint density at radius 2 is 2.18 bits per heavy atom. The van der Waals surface area contributed by atoms with Crippen LogP contribution in [0.3, 0.4) is 0 Å². The zero-order valence-corrected chi connectivity index (χ0v) is 12.3. The summed E-state index contributed by atoms with van der Waals surface area (Å²) in [5, 5.41) is 15.7. The van der Waals surface area contributed by atoms with E-state index in [1.54, 1.807) is 18.5 Å². The van der Waals surface area contributed by atoms with Gasteiger partial charge in [0.2, 0.25) is 5.91 Å². The van der Waals surface area contributed by atoms with Gasteiger partial charge in [-0.25, -0.2) is 4.79 Å². The third-order valence-electron chi connectivity index (χ3n) is 2.73. The van der Waals surface area contributed by atoms with Crippen molar-refractivity contribution in [1.82, 2.24) is 9.78 Å². The molecule has 116 valence electrons. The number of ether oxygens (including phenoxy) is 1. The molecule has 1 heterocycles. The quantitative estimate of drug-likeness (QED) is 0.851. The van der Waals surface area contributed by atoms with Gasteiger partial charge in [-0.15, -0.1) is 0 Å². The molecule has 0 unspecified atom stereocenters. The second-order valence-electron chi connectivity index (χ2n) is 4.93. The summed E-state index contributed by atoms with van der Waals surface area (Å²) in [5.74, 6) is -0.965. The maximum atomic E-state index is 12.0. The molecule has 0 aliphatic carbocycles. The van der Waals surface area contributed by atoms with E-state index in [4.69, 9.17) is 9.84 Å². The topological polar surface area (TPSA) is 93.5 Å². The third kappa shape index (κ3) is 4.08. The molecule has 0 radical (unpaired) electrons. The number of hydrogen-bond acceptors (Lipinski definition) is 4. The number of benzene rings is 1. The largest absolute Gasteiger partial charge is 0.489 e. The second-order valence-corrected chi connectivity index (χ2v) is 4.93. The van der Waals surface area contributed by atoms with Gasteiger partial charge in [-0.3, -0.25) is 9.48 Å². The minimum absolute atomic E-state index is 0.0332. The van der Waals surface area contributed by atoms with Gasteiger partial charge in [-0.1, -0.05) is 0 Å². The van der Waals surface area contributed by atoms with E-state index in [9.17, 15) is 9.59 Å². The molecule has 2 aromatic rings. The molecular formula is C15H17N3O4. The predicted molar refractivity (Wildman–Crippen MR) is 80.0 cm³/mol. The number of anilines is 1. The van der Waals surface area contributed by atoms with Crippen LogP contribution in [0.5, 0.6) is 5.75 Å². The first-order chi connectivity index (χ1) is 10.5. The van der Waals surface area contributed by atoms with Crippen LogP contribution in [0, 0.1) is 0 Å². The molecule has 0 spiro atoms. The minimum atomic E-state index is -1.07. The van der Waals surface area contributed by atoms with Crippen LogP contribution < -0.4 is 10.1 Å². The number of aromatic carboxylic acids is 1. The maximum absolute atomic E-state index is 12.0. The van der Waals surface area contributed by atoms with Crippen molar-refractivity contribution in [3.63, 3.8) is 0 Å². The normalized spacial score (nSPS) is 10.5. The molecule has 0 atom stereocenters. The highest BCUT2D eigenvalue weighted by Gasteiger charge is 2.13. The molecule has 2 rings (SSSR count). The Morgan fingerprint density at radius 1 is 1.41 bits per heavy atom. The van der Waals surface area contributed by atoms with E-state index in [0.717, 1.165) is 0 Å². The average Bonchev–Trinajstić information content (AvgIpc) is 2.92. The Balaban J connectivity index is 2.20. The summed E-state index contributed by atoms with van der Waals surface area (Å²) in [7, 11) is 0. The van der Waals surface area contributed by atoms with Crippen molar-refractivity contribution < 1.29 is 19.4 Å². The first-order valence-electron chi connectivity index (χ1n) is 6.77.